The predicted octanol–water partition coefficient (Wildman–Crippen LogP) is 0.566. The number of rotatable bonds is 3. The molecule has 0 fully saturated rings. The predicted molar refractivity (Wildman–Crippen MR) is 53.4 cm³/mol. The lowest BCUT2D eigenvalue weighted by Gasteiger charge is -2.06. The van der Waals surface area contributed by atoms with Gasteiger partial charge in [0.25, 0.3) is 11.3 Å². The van der Waals surface area contributed by atoms with Crippen molar-refractivity contribution >= 4 is 17.0 Å². The van der Waals surface area contributed by atoms with E-state index in [0.717, 1.165) is 0 Å². The summed E-state index contributed by atoms with van der Waals surface area (Å²) in [6, 6.07) is 6.84. The Morgan fingerprint density at radius 3 is 2.86 bits per heavy atom. The van der Waals surface area contributed by atoms with Gasteiger partial charge in [0.1, 0.15) is 6.07 Å². The van der Waals surface area contributed by atoms with Gasteiger partial charge in [-0.1, -0.05) is 12.1 Å². The van der Waals surface area contributed by atoms with Crippen molar-refractivity contribution in [3.05, 3.63) is 29.3 Å². The Labute approximate surface area is 84.0 Å². The number of nitrogens with one attached hydrogen (secondary N) is 1. The summed E-state index contributed by atoms with van der Waals surface area (Å²) in [6.45, 7) is 0.219. The first-order chi connectivity index (χ1) is 6.69. The molecule has 1 aromatic rings. The molecule has 1 rings (SSSR count). The second kappa shape index (κ2) is 4.72. The maximum absolute atomic E-state index is 10.5. The van der Waals surface area contributed by atoms with Gasteiger partial charge in [-0.05, 0) is 11.6 Å². The molecule has 6 heteroatoms. The molecule has 1 atom stereocenters. The summed E-state index contributed by atoms with van der Waals surface area (Å²) in [5, 5.41) is 8.82. The summed E-state index contributed by atoms with van der Waals surface area (Å²) < 4.78 is 21.4. The highest BCUT2D eigenvalue weighted by molar-refractivity contribution is 7.80. The van der Waals surface area contributed by atoms with Gasteiger partial charge in [0.2, 0.25) is 0 Å². The molecule has 0 saturated heterocycles. The van der Waals surface area contributed by atoms with E-state index in [9.17, 15) is 4.21 Å². The van der Waals surface area contributed by atoms with Crippen LogP contribution in [0.4, 0.5) is 5.69 Å². The Morgan fingerprint density at radius 1 is 1.64 bits per heavy atom. The summed E-state index contributed by atoms with van der Waals surface area (Å²) in [6.07, 6.45) is 0. The number of benzene rings is 1. The van der Waals surface area contributed by atoms with E-state index in [1.165, 1.54) is 0 Å². The van der Waals surface area contributed by atoms with Crippen LogP contribution in [-0.4, -0.2) is 8.76 Å². The average Bonchev–Trinajstić information content (AvgIpc) is 2.16. The van der Waals surface area contributed by atoms with Gasteiger partial charge in [-0.2, -0.15) is 5.26 Å². The van der Waals surface area contributed by atoms with E-state index in [2.05, 4.69) is 4.72 Å². The van der Waals surface area contributed by atoms with Crippen LogP contribution >= 0.6 is 0 Å². The first-order valence-electron chi connectivity index (χ1n) is 3.78. The lowest BCUT2D eigenvalue weighted by atomic mass is 10.1. The first-order valence-corrected chi connectivity index (χ1v) is 4.89. The fourth-order valence-corrected chi connectivity index (χ4v) is 1.44. The first kappa shape index (κ1) is 10.7. The van der Waals surface area contributed by atoms with Crippen molar-refractivity contribution in [2.24, 2.45) is 5.73 Å². The summed E-state index contributed by atoms with van der Waals surface area (Å²) in [4.78, 5) is 0. The van der Waals surface area contributed by atoms with Crippen LogP contribution in [0.3, 0.4) is 0 Å². The molecule has 5 nitrogen and oxygen atoms in total. The minimum absolute atomic E-state index is 0.219. The van der Waals surface area contributed by atoms with Gasteiger partial charge in [0.15, 0.2) is 0 Å². The Balaban J connectivity index is 3.17. The van der Waals surface area contributed by atoms with Crippen molar-refractivity contribution in [3.8, 4) is 6.07 Å². The third-order valence-electron chi connectivity index (χ3n) is 1.68. The maximum atomic E-state index is 10.5. The normalized spacial score (nSPS) is 11.8. The molecule has 0 aliphatic carbocycles. The topological polar surface area (TPSA) is 99.1 Å². The van der Waals surface area contributed by atoms with Crippen LogP contribution in [0.25, 0.3) is 0 Å². The molecule has 0 spiro atoms. The molecule has 0 saturated carbocycles. The Morgan fingerprint density at radius 2 is 2.36 bits per heavy atom. The average molecular weight is 211 g/mol. The maximum Gasteiger partial charge on any atom is 0.259 e. The third-order valence-corrected chi connectivity index (χ3v) is 2.07. The fraction of sp³-hybridized carbons (Fsp3) is 0.125. The smallest absolute Gasteiger partial charge is 0.259 e. The lowest BCUT2D eigenvalue weighted by molar-refractivity contribution is 0.570. The number of nitrogens with two attached hydrogens (primary N) is 1. The van der Waals surface area contributed by atoms with E-state index in [1.54, 1.807) is 18.2 Å². The lowest BCUT2D eigenvalue weighted by Crippen LogP contribution is -2.07. The molecule has 0 radical (unpaired) electrons. The molecule has 0 heterocycles. The summed E-state index contributed by atoms with van der Waals surface area (Å²) in [7, 11) is 0. The van der Waals surface area contributed by atoms with Crippen LogP contribution < -0.4 is 10.5 Å². The minimum atomic E-state index is -2.18. The SMILES string of the molecule is N#Cc1c(CN)cccc1NS(=O)O. The van der Waals surface area contributed by atoms with Gasteiger partial charge in [-0.15, -0.1) is 0 Å². The molecular formula is C8H9N3O2S. The van der Waals surface area contributed by atoms with E-state index in [-0.39, 0.29) is 6.54 Å². The molecule has 1 aromatic carbocycles. The molecule has 0 bridgehead atoms. The van der Waals surface area contributed by atoms with E-state index in [4.69, 9.17) is 15.5 Å². The van der Waals surface area contributed by atoms with E-state index in [1.807, 2.05) is 6.07 Å². The van der Waals surface area contributed by atoms with Crippen LogP contribution in [0, 0.1) is 11.3 Å². The number of hydrogen-bond donors (Lipinski definition) is 3. The number of nitrogens with zero attached hydrogens (tertiary/aromatic N) is 1. The summed E-state index contributed by atoms with van der Waals surface area (Å²) in [5.74, 6) is 0. The van der Waals surface area contributed by atoms with Crippen molar-refractivity contribution in [1.29, 1.82) is 5.26 Å². The van der Waals surface area contributed by atoms with Crippen molar-refractivity contribution in [2.45, 2.75) is 6.54 Å². The Kier molecular flexibility index (Phi) is 3.59. The number of hydrogen-bond acceptors (Lipinski definition) is 3. The zero-order valence-corrected chi connectivity index (χ0v) is 8.04. The molecule has 0 aliphatic heterocycles. The molecule has 0 aliphatic rings. The van der Waals surface area contributed by atoms with Crippen LogP contribution in [0.5, 0.6) is 0 Å². The minimum Gasteiger partial charge on any atom is -0.326 e. The van der Waals surface area contributed by atoms with E-state index < -0.39 is 11.3 Å². The van der Waals surface area contributed by atoms with Crippen LogP contribution in [0.15, 0.2) is 18.2 Å². The van der Waals surface area contributed by atoms with Gasteiger partial charge >= 0.3 is 0 Å². The summed E-state index contributed by atoms with van der Waals surface area (Å²) >= 11 is -2.18. The molecule has 4 N–H and O–H groups in total. The second-order valence-electron chi connectivity index (χ2n) is 2.51. The van der Waals surface area contributed by atoms with Crippen molar-refractivity contribution < 1.29 is 8.76 Å². The fourth-order valence-electron chi connectivity index (χ4n) is 1.08. The summed E-state index contributed by atoms with van der Waals surface area (Å²) in [5.41, 5.74) is 6.67. The monoisotopic (exact) mass is 211 g/mol. The molecule has 0 amide bonds. The number of nitriles is 1. The molecule has 14 heavy (non-hydrogen) atoms. The van der Waals surface area contributed by atoms with Crippen LogP contribution in [-0.2, 0) is 17.8 Å². The third kappa shape index (κ3) is 2.29. The van der Waals surface area contributed by atoms with Gasteiger partial charge < -0.3 is 5.73 Å². The zero-order valence-electron chi connectivity index (χ0n) is 7.23. The Bertz CT molecular complexity index is 400. The largest absolute Gasteiger partial charge is 0.326 e. The van der Waals surface area contributed by atoms with E-state index >= 15 is 0 Å². The van der Waals surface area contributed by atoms with Gasteiger partial charge in [0.05, 0.1) is 11.3 Å². The van der Waals surface area contributed by atoms with Crippen LogP contribution in [0.2, 0.25) is 0 Å². The highest BCUT2D eigenvalue weighted by Crippen LogP contribution is 2.18. The molecule has 1 unspecified atom stereocenters. The van der Waals surface area contributed by atoms with Crippen molar-refractivity contribution in [2.75, 3.05) is 4.72 Å². The van der Waals surface area contributed by atoms with Gasteiger partial charge in [0, 0.05) is 6.54 Å². The van der Waals surface area contributed by atoms with Crippen molar-refractivity contribution in [1.82, 2.24) is 0 Å². The highest BCUT2D eigenvalue weighted by Gasteiger charge is 2.07. The number of anilines is 1. The van der Waals surface area contributed by atoms with E-state index in [0.29, 0.717) is 16.8 Å². The Hall–Kier alpha value is -1.42. The standard InChI is InChI=1S/C8H9N3O2S/c9-4-6-2-1-3-8(7(6)5-10)11-14(12)13/h1-3,11H,4,9H2,(H,12,13). The van der Waals surface area contributed by atoms with Crippen molar-refractivity contribution in [3.63, 3.8) is 0 Å². The van der Waals surface area contributed by atoms with Crippen LogP contribution in [0.1, 0.15) is 11.1 Å². The zero-order chi connectivity index (χ0) is 10.6. The highest BCUT2D eigenvalue weighted by atomic mass is 32.2. The van der Waals surface area contributed by atoms with Gasteiger partial charge in [-0.25, -0.2) is 4.21 Å². The molecule has 74 valence electrons. The quantitative estimate of drug-likeness (QED) is 0.636. The molecule has 0 aromatic heterocycles. The van der Waals surface area contributed by atoms with Gasteiger partial charge in [-0.3, -0.25) is 9.27 Å². The second-order valence-corrected chi connectivity index (χ2v) is 3.21. The molecular weight excluding hydrogens is 202 g/mol.